The predicted octanol–water partition coefficient (Wildman–Crippen LogP) is 1.04. The van der Waals surface area contributed by atoms with Crippen molar-refractivity contribution in [2.24, 2.45) is 0 Å². The number of nitrogens with zero attached hydrogens (tertiary/aromatic N) is 4. The van der Waals surface area contributed by atoms with E-state index in [1.807, 2.05) is 44.4 Å². The van der Waals surface area contributed by atoms with E-state index in [2.05, 4.69) is 15.5 Å². The van der Waals surface area contributed by atoms with Gasteiger partial charge in [0.25, 0.3) is 5.91 Å². The van der Waals surface area contributed by atoms with Crippen LogP contribution in [0.4, 0.5) is 5.13 Å². The topological polar surface area (TPSA) is 116 Å². The van der Waals surface area contributed by atoms with Gasteiger partial charge in [0.15, 0.2) is 0 Å². The summed E-state index contributed by atoms with van der Waals surface area (Å²) in [5.74, 6) is -1.53. The van der Waals surface area contributed by atoms with E-state index in [-0.39, 0.29) is 18.0 Å². The summed E-state index contributed by atoms with van der Waals surface area (Å²) in [6.07, 6.45) is 0.160. The fourth-order valence-electron chi connectivity index (χ4n) is 3.31. The van der Waals surface area contributed by atoms with Crippen LogP contribution in [0, 0.1) is 0 Å². The molecule has 2 aromatic rings. The molecule has 2 aliphatic heterocycles. The molecule has 1 aromatic carbocycles. The molecular weight excluding hydrogens is 426 g/mol. The third-order valence-corrected chi connectivity index (χ3v) is 7.18. The Kier molecular flexibility index (Phi) is 5.48. The monoisotopic (exact) mass is 445 g/mol. The average Bonchev–Trinajstić information content (AvgIpc) is 3.22. The standard InChI is InChI=1S/C19H19N5O4S2/c1-23(2)19-22-21-15(30-19)11-9-29-17-13(16(26)24(17)14(11)18(27)28)20-12(25)8-10-6-4-3-5-7-10/h3-7,13,17H,8-9H2,1-2H3,(H,20,25)(H,27,28)/t13?,17-/m1/s1. The average molecular weight is 446 g/mol. The third kappa shape index (κ3) is 3.65. The van der Waals surface area contributed by atoms with E-state index in [0.717, 1.165) is 5.56 Å². The molecule has 11 heteroatoms. The number of aliphatic carboxylic acids is 1. The van der Waals surface area contributed by atoms with Crippen molar-refractivity contribution in [1.82, 2.24) is 20.4 Å². The lowest BCUT2D eigenvalue weighted by molar-refractivity contribution is -0.150. The number of amides is 2. The van der Waals surface area contributed by atoms with Crippen LogP contribution in [0.25, 0.3) is 5.57 Å². The van der Waals surface area contributed by atoms with Gasteiger partial charge in [-0.3, -0.25) is 14.5 Å². The van der Waals surface area contributed by atoms with E-state index in [9.17, 15) is 19.5 Å². The quantitative estimate of drug-likeness (QED) is 0.634. The van der Waals surface area contributed by atoms with Gasteiger partial charge in [-0.15, -0.1) is 22.0 Å². The Morgan fingerprint density at radius 1 is 1.27 bits per heavy atom. The molecule has 1 saturated heterocycles. The number of hydrogen-bond acceptors (Lipinski definition) is 8. The van der Waals surface area contributed by atoms with Gasteiger partial charge in [-0.1, -0.05) is 41.7 Å². The van der Waals surface area contributed by atoms with Crippen molar-refractivity contribution in [3.8, 4) is 0 Å². The molecule has 30 heavy (non-hydrogen) atoms. The van der Waals surface area contributed by atoms with Crippen molar-refractivity contribution in [3.63, 3.8) is 0 Å². The lowest BCUT2D eigenvalue weighted by atomic mass is 10.0. The number of carboxylic acid groups (broad SMARTS) is 1. The summed E-state index contributed by atoms with van der Waals surface area (Å²) < 4.78 is 0. The second-order valence-corrected chi connectivity index (χ2v) is 9.09. The van der Waals surface area contributed by atoms with Crippen LogP contribution in [-0.2, 0) is 20.8 Å². The third-order valence-electron chi connectivity index (χ3n) is 4.75. The molecule has 0 spiro atoms. The molecule has 2 amide bonds. The second kappa shape index (κ2) is 8.07. The number of nitrogens with one attached hydrogen (secondary N) is 1. The molecule has 156 valence electrons. The van der Waals surface area contributed by atoms with Gasteiger partial charge in [-0.2, -0.15) is 0 Å². The summed E-state index contributed by atoms with van der Waals surface area (Å²) in [4.78, 5) is 40.1. The first-order chi connectivity index (χ1) is 14.4. The number of thioether (sulfide) groups is 1. The smallest absolute Gasteiger partial charge is 0.353 e. The SMILES string of the molecule is CN(C)c1nnc(C2=C(C(=O)O)N3C(=O)C(NC(=O)Cc4ccccc4)[C@H]3SC2)s1. The lowest BCUT2D eigenvalue weighted by Crippen LogP contribution is -2.70. The van der Waals surface area contributed by atoms with E-state index in [1.54, 1.807) is 4.90 Å². The van der Waals surface area contributed by atoms with E-state index >= 15 is 0 Å². The predicted molar refractivity (Wildman–Crippen MR) is 114 cm³/mol. The van der Waals surface area contributed by atoms with Gasteiger partial charge >= 0.3 is 5.97 Å². The molecule has 4 rings (SSSR count). The number of rotatable bonds is 6. The van der Waals surface area contributed by atoms with E-state index in [4.69, 9.17) is 0 Å². The largest absolute Gasteiger partial charge is 0.477 e. The fourth-order valence-corrected chi connectivity index (χ4v) is 5.56. The normalized spacial score (nSPS) is 20.5. The Hall–Kier alpha value is -2.92. The van der Waals surface area contributed by atoms with Gasteiger partial charge in [0.05, 0.1) is 6.42 Å². The lowest BCUT2D eigenvalue weighted by Gasteiger charge is -2.49. The van der Waals surface area contributed by atoms with Crippen molar-refractivity contribution >= 4 is 51.6 Å². The van der Waals surface area contributed by atoms with Crippen LogP contribution < -0.4 is 10.2 Å². The molecule has 9 nitrogen and oxygen atoms in total. The highest BCUT2D eigenvalue weighted by molar-refractivity contribution is 8.00. The van der Waals surface area contributed by atoms with Gasteiger partial charge < -0.3 is 15.3 Å². The molecule has 0 aliphatic carbocycles. The summed E-state index contributed by atoms with van der Waals surface area (Å²) >= 11 is 2.68. The number of carboxylic acids is 1. The van der Waals surface area contributed by atoms with Gasteiger partial charge in [0.1, 0.15) is 22.1 Å². The molecule has 3 heterocycles. The van der Waals surface area contributed by atoms with E-state index < -0.39 is 23.3 Å². The molecule has 2 N–H and O–H groups in total. The van der Waals surface area contributed by atoms with Crippen LogP contribution in [0.1, 0.15) is 10.6 Å². The summed E-state index contributed by atoms with van der Waals surface area (Å²) in [5, 5.41) is 21.4. The Bertz CT molecular complexity index is 1040. The van der Waals surface area contributed by atoms with Gasteiger partial charge in [0, 0.05) is 25.4 Å². The zero-order valence-corrected chi connectivity index (χ0v) is 17.9. The Morgan fingerprint density at radius 3 is 2.63 bits per heavy atom. The van der Waals surface area contributed by atoms with Crippen LogP contribution in [0.3, 0.4) is 0 Å². The van der Waals surface area contributed by atoms with Crippen LogP contribution in [0.5, 0.6) is 0 Å². The van der Waals surface area contributed by atoms with Gasteiger partial charge in [-0.25, -0.2) is 4.79 Å². The van der Waals surface area contributed by atoms with Crippen LogP contribution in [0.2, 0.25) is 0 Å². The first-order valence-electron chi connectivity index (χ1n) is 9.12. The van der Waals surface area contributed by atoms with Crippen molar-refractivity contribution < 1.29 is 19.5 Å². The summed E-state index contributed by atoms with van der Waals surface area (Å²) in [6.45, 7) is 0. The zero-order valence-electron chi connectivity index (χ0n) is 16.2. The Labute approximate surface area is 180 Å². The molecule has 1 aromatic heterocycles. The Morgan fingerprint density at radius 2 is 2.00 bits per heavy atom. The maximum absolute atomic E-state index is 12.7. The fraction of sp³-hybridized carbons (Fsp3) is 0.316. The van der Waals surface area contributed by atoms with Crippen molar-refractivity contribution in [2.45, 2.75) is 17.8 Å². The second-order valence-electron chi connectivity index (χ2n) is 7.03. The van der Waals surface area contributed by atoms with Crippen molar-refractivity contribution in [1.29, 1.82) is 0 Å². The Balaban J connectivity index is 1.53. The minimum absolute atomic E-state index is 0.0845. The highest BCUT2D eigenvalue weighted by Gasteiger charge is 2.54. The molecular formula is C19H19N5O4S2. The number of anilines is 1. The number of fused-ring (bicyclic) bond motifs is 1. The molecule has 0 radical (unpaired) electrons. The molecule has 0 saturated carbocycles. The first-order valence-corrected chi connectivity index (χ1v) is 11.0. The summed E-state index contributed by atoms with van der Waals surface area (Å²) in [5.41, 5.74) is 1.23. The van der Waals surface area contributed by atoms with Gasteiger partial charge in [-0.05, 0) is 5.56 Å². The molecule has 0 bridgehead atoms. The van der Waals surface area contributed by atoms with Crippen molar-refractivity contribution in [3.05, 3.63) is 46.6 Å². The van der Waals surface area contributed by atoms with Crippen LogP contribution in [0.15, 0.2) is 36.0 Å². The zero-order chi connectivity index (χ0) is 21.4. The summed E-state index contributed by atoms with van der Waals surface area (Å²) in [6, 6.07) is 8.49. The number of hydrogen-bond donors (Lipinski definition) is 2. The van der Waals surface area contributed by atoms with Gasteiger partial charge in [0.2, 0.25) is 11.0 Å². The molecule has 1 fully saturated rings. The number of carbonyl (C=O) groups is 3. The number of β-lactam (4-membered cyclic amide) rings is 1. The number of aromatic nitrogens is 2. The highest BCUT2D eigenvalue weighted by Crippen LogP contribution is 2.44. The van der Waals surface area contributed by atoms with Crippen molar-refractivity contribution in [2.75, 3.05) is 24.7 Å². The number of carbonyl (C=O) groups excluding carboxylic acids is 2. The molecule has 1 unspecified atom stereocenters. The minimum atomic E-state index is -1.20. The molecule has 2 aliphatic rings. The maximum atomic E-state index is 12.7. The van der Waals surface area contributed by atoms with E-state index in [0.29, 0.717) is 21.5 Å². The number of benzene rings is 1. The maximum Gasteiger partial charge on any atom is 0.353 e. The van der Waals surface area contributed by atoms with Crippen LogP contribution in [-0.4, -0.2) is 69.3 Å². The minimum Gasteiger partial charge on any atom is -0.477 e. The first kappa shape index (κ1) is 20.4. The highest BCUT2D eigenvalue weighted by atomic mass is 32.2. The molecule has 2 atom stereocenters. The van der Waals surface area contributed by atoms with E-state index in [1.165, 1.54) is 28.0 Å². The van der Waals surface area contributed by atoms with Crippen LogP contribution >= 0.6 is 23.1 Å². The summed E-state index contributed by atoms with van der Waals surface area (Å²) in [7, 11) is 3.65.